The van der Waals surface area contributed by atoms with Crippen LogP contribution in [-0.2, 0) is 0 Å². The van der Waals surface area contributed by atoms with Gasteiger partial charge in [0.25, 0.3) is 0 Å². The molecule has 0 aliphatic rings. The molecule has 2 aromatic heterocycles. The van der Waals surface area contributed by atoms with Gasteiger partial charge in [-0.05, 0) is 30.3 Å². The molecule has 2 aromatic carbocycles. The molecule has 0 saturated heterocycles. The van der Waals surface area contributed by atoms with E-state index in [4.69, 9.17) is 34.8 Å². The SMILES string of the molecule is Oc1[nH]c2ccc(Cl)cc2c1N=Nc1nc(-c2ccc(Cl)c(Cl)c2)cs1. The molecule has 0 saturated carbocycles. The van der Waals surface area contributed by atoms with E-state index in [1.54, 1.807) is 30.3 Å². The van der Waals surface area contributed by atoms with E-state index in [-0.39, 0.29) is 5.88 Å². The molecule has 0 unspecified atom stereocenters. The maximum atomic E-state index is 10.0. The molecule has 130 valence electrons. The molecule has 4 rings (SSSR count). The molecular weight excluding hydrogens is 415 g/mol. The van der Waals surface area contributed by atoms with E-state index < -0.39 is 0 Å². The minimum absolute atomic E-state index is 0.0766. The fourth-order valence-electron chi connectivity index (χ4n) is 2.43. The van der Waals surface area contributed by atoms with Crippen LogP contribution in [0.4, 0.5) is 10.8 Å². The van der Waals surface area contributed by atoms with Crippen LogP contribution in [0, 0.1) is 0 Å². The van der Waals surface area contributed by atoms with Gasteiger partial charge in [-0.25, -0.2) is 4.98 Å². The first-order valence-corrected chi connectivity index (χ1v) is 9.35. The summed E-state index contributed by atoms with van der Waals surface area (Å²) in [5, 5.41) is 22.8. The highest BCUT2D eigenvalue weighted by molar-refractivity contribution is 7.13. The predicted octanol–water partition coefficient (Wildman–Crippen LogP) is 7.37. The van der Waals surface area contributed by atoms with Gasteiger partial charge >= 0.3 is 0 Å². The molecular formula is C17H9Cl3N4OS. The van der Waals surface area contributed by atoms with Gasteiger partial charge in [-0.3, -0.25) is 0 Å². The normalized spacial score (nSPS) is 11.7. The Labute approximate surface area is 166 Å². The van der Waals surface area contributed by atoms with Crippen molar-refractivity contribution in [2.24, 2.45) is 10.2 Å². The minimum Gasteiger partial charge on any atom is -0.493 e. The molecule has 2 N–H and O–H groups in total. The van der Waals surface area contributed by atoms with Gasteiger partial charge in [0.2, 0.25) is 11.0 Å². The number of aromatic hydroxyl groups is 1. The Hall–Kier alpha value is -2.12. The lowest BCUT2D eigenvalue weighted by Crippen LogP contribution is -1.77. The fourth-order valence-corrected chi connectivity index (χ4v) is 3.54. The monoisotopic (exact) mass is 422 g/mol. The molecule has 0 radical (unpaired) electrons. The highest BCUT2D eigenvalue weighted by Crippen LogP contribution is 2.38. The molecule has 26 heavy (non-hydrogen) atoms. The summed E-state index contributed by atoms with van der Waals surface area (Å²) in [6.07, 6.45) is 0. The van der Waals surface area contributed by atoms with Crippen LogP contribution in [0.15, 0.2) is 52.0 Å². The average Bonchev–Trinajstić information content (AvgIpc) is 3.19. The third kappa shape index (κ3) is 3.29. The number of aromatic amines is 1. The lowest BCUT2D eigenvalue weighted by molar-refractivity contribution is 0.459. The quantitative estimate of drug-likeness (QED) is 0.337. The summed E-state index contributed by atoms with van der Waals surface area (Å²) in [5.41, 5.74) is 2.58. The second-order valence-electron chi connectivity index (χ2n) is 5.36. The van der Waals surface area contributed by atoms with Crippen molar-refractivity contribution in [1.29, 1.82) is 0 Å². The Bertz CT molecular complexity index is 1150. The smallest absolute Gasteiger partial charge is 0.230 e. The van der Waals surface area contributed by atoms with Crippen molar-refractivity contribution >= 4 is 67.9 Å². The number of nitrogens with zero attached hydrogens (tertiary/aromatic N) is 3. The van der Waals surface area contributed by atoms with Crippen LogP contribution >= 0.6 is 46.1 Å². The molecule has 5 nitrogen and oxygen atoms in total. The van der Waals surface area contributed by atoms with Gasteiger partial charge in [0, 0.05) is 21.4 Å². The minimum atomic E-state index is -0.0766. The highest BCUT2D eigenvalue weighted by atomic mass is 35.5. The van der Waals surface area contributed by atoms with Crippen LogP contribution in [0.2, 0.25) is 15.1 Å². The molecule has 0 aliphatic heterocycles. The van der Waals surface area contributed by atoms with Crippen molar-refractivity contribution in [3.8, 4) is 17.1 Å². The van der Waals surface area contributed by atoms with Crippen molar-refractivity contribution in [1.82, 2.24) is 9.97 Å². The Kier molecular flexibility index (Phi) is 4.58. The van der Waals surface area contributed by atoms with Crippen LogP contribution in [0.3, 0.4) is 0 Å². The lowest BCUT2D eigenvalue weighted by atomic mass is 10.2. The zero-order valence-electron chi connectivity index (χ0n) is 12.9. The molecule has 0 amide bonds. The maximum absolute atomic E-state index is 10.0. The third-order valence-electron chi connectivity index (χ3n) is 3.66. The predicted molar refractivity (Wildman–Crippen MR) is 107 cm³/mol. The maximum Gasteiger partial charge on any atom is 0.230 e. The Morgan fingerprint density at radius 3 is 2.65 bits per heavy atom. The first kappa shape index (κ1) is 17.3. The van der Waals surface area contributed by atoms with E-state index in [2.05, 4.69) is 20.2 Å². The Morgan fingerprint density at radius 2 is 1.85 bits per heavy atom. The number of fused-ring (bicyclic) bond motifs is 1. The number of H-pyrrole nitrogens is 1. The molecule has 4 aromatic rings. The number of nitrogens with one attached hydrogen (secondary N) is 1. The van der Waals surface area contributed by atoms with E-state index >= 15 is 0 Å². The summed E-state index contributed by atoms with van der Waals surface area (Å²) in [5.74, 6) is -0.0766. The van der Waals surface area contributed by atoms with Gasteiger partial charge in [-0.1, -0.05) is 40.9 Å². The van der Waals surface area contributed by atoms with E-state index in [1.165, 1.54) is 11.3 Å². The second kappa shape index (κ2) is 6.89. The van der Waals surface area contributed by atoms with Gasteiger partial charge in [-0.2, -0.15) is 0 Å². The van der Waals surface area contributed by atoms with Crippen molar-refractivity contribution in [2.75, 3.05) is 0 Å². The average molecular weight is 424 g/mol. The van der Waals surface area contributed by atoms with E-state index in [1.807, 2.05) is 11.4 Å². The summed E-state index contributed by atoms with van der Waals surface area (Å²) in [4.78, 5) is 7.25. The fraction of sp³-hybridized carbons (Fsp3) is 0. The molecule has 0 spiro atoms. The van der Waals surface area contributed by atoms with Crippen molar-refractivity contribution in [2.45, 2.75) is 0 Å². The third-order valence-corrected chi connectivity index (χ3v) is 5.36. The number of hydrogen-bond acceptors (Lipinski definition) is 5. The van der Waals surface area contributed by atoms with E-state index in [0.717, 1.165) is 11.1 Å². The number of azo groups is 1. The second-order valence-corrected chi connectivity index (χ2v) is 7.44. The number of halogens is 3. The number of benzene rings is 2. The number of thiazole rings is 1. The van der Waals surface area contributed by atoms with Crippen molar-refractivity contribution < 1.29 is 5.11 Å². The van der Waals surface area contributed by atoms with E-state index in [0.29, 0.717) is 37.0 Å². The topological polar surface area (TPSA) is 73.6 Å². The standard InChI is InChI=1S/C17H9Cl3N4OS/c18-9-2-4-13-10(6-9)15(16(25)21-13)23-24-17-22-14(7-26-17)8-1-3-11(19)12(20)5-8/h1-7,21,25H. The number of rotatable bonds is 3. The molecule has 0 atom stereocenters. The summed E-state index contributed by atoms with van der Waals surface area (Å²) in [6, 6.07) is 10.5. The van der Waals surface area contributed by atoms with Gasteiger partial charge in [0.1, 0.15) is 0 Å². The van der Waals surface area contributed by atoms with Crippen LogP contribution < -0.4 is 0 Å². The molecule has 0 aliphatic carbocycles. The molecule has 0 bridgehead atoms. The van der Waals surface area contributed by atoms with Gasteiger partial charge in [-0.15, -0.1) is 21.6 Å². The number of hydrogen-bond donors (Lipinski definition) is 2. The first-order chi connectivity index (χ1) is 12.5. The summed E-state index contributed by atoms with van der Waals surface area (Å²) in [7, 11) is 0. The Balaban J connectivity index is 1.66. The summed E-state index contributed by atoms with van der Waals surface area (Å²) >= 11 is 19.3. The molecule has 0 fully saturated rings. The summed E-state index contributed by atoms with van der Waals surface area (Å²) in [6.45, 7) is 0. The van der Waals surface area contributed by atoms with Crippen LogP contribution in [0.1, 0.15) is 0 Å². The lowest BCUT2D eigenvalue weighted by Gasteiger charge is -1.99. The zero-order chi connectivity index (χ0) is 18.3. The van der Waals surface area contributed by atoms with Gasteiger partial charge in [0.05, 0.1) is 21.3 Å². The summed E-state index contributed by atoms with van der Waals surface area (Å²) < 4.78 is 0. The highest BCUT2D eigenvalue weighted by Gasteiger charge is 2.12. The van der Waals surface area contributed by atoms with Crippen LogP contribution in [-0.4, -0.2) is 15.1 Å². The van der Waals surface area contributed by atoms with Crippen molar-refractivity contribution in [3.05, 3.63) is 56.8 Å². The number of aromatic nitrogens is 2. The molecule has 2 heterocycles. The molecule has 9 heteroatoms. The van der Waals surface area contributed by atoms with E-state index in [9.17, 15) is 5.11 Å². The Morgan fingerprint density at radius 1 is 1.00 bits per heavy atom. The van der Waals surface area contributed by atoms with Crippen LogP contribution in [0.5, 0.6) is 5.88 Å². The van der Waals surface area contributed by atoms with Crippen molar-refractivity contribution in [3.63, 3.8) is 0 Å². The van der Waals surface area contributed by atoms with Crippen LogP contribution in [0.25, 0.3) is 22.2 Å². The van der Waals surface area contributed by atoms with Gasteiger partial charge in [0.15, 0.2) is 5.69 Å². The zero-order valence-corrected chi connectivity index (χ0v) is 16.0. The van der Waals surface area contributed by atoms with Gasteiger partial charge < -0.3 is 10.1 Å². The first-order valence-electron chi connectivity index (χ1n) is 7.34. The largest absolute Gasteiger partial charge is 0.493 e.